The molecule has 0 fully saturated rings. The Hall–Kier alpha value is 1.03. The van der Waals surface area contributed by atoms with E-state index in [2.05, 4.69) is 9.05 Å². The summed E-state index contributed by atoms with van der Waals surface area (Å²) in [5, 5.41) is 0. The van der Waals surface area contributed by atoms with Gasteiger partial charge in [-0.1, -0.05) is 0 Å². The maximum atomic E-state index is 9.90. The van der Waals surface area contributed by atoms with E-state index in [9.17, 15) is 9.13 Å². The third kappa shape index (κ3) is 7.14. The average molecular weight is 302 g/mol. The van der Waals surface area contributed by atoms with Gasteiger partial charge in [0.15, 0.2) is 0 Å². The quantitative estimate of drug-likeness (QED) is 0.340. The minimum atomic E-state index is -3.10. The van der Waals surface area contributed by atoms with E-state index in [1.165, 1.54) is 22.6 Å². The molecular weight excluding hydrogens is 297 g/mol. The van der Waals surface area contributed by atoms with Gasteiger partial charge in [0.2, 0.25) is 4.30 Å². The van der Waals surface area contributed by atoms with Gasteiger partial charge in [-0.3, -0.25) is 18.2 Å². The second-order valence-electron chi connectivity index (χ2n) is 1.04. The lowest BCUT2D eigenvalue weighted by Gasteiger charge is -2.05. The molecule has 0 bridgehead atoms. The van der Waals surface area contributed by atoms with Gasteiger partial charge in [-0.25, -0.2) is 0 Å². The smallest absolute Gasteiger partial charge is 0.319 e. The van der Waals surface area contributed by atoms with Crippen LogP contribution in [0.25, 0.3) is 0 Å². The fourth-order valence-corrected chi connectivity index (χ4v) is 2.00. The average Bonchev–Trinajstić information content (AvgIpc) is 1.58. The van der Waals surface area contributed by atoms with Crippen molar-refractivity contribution in [2.45, 2.75) is 4.30 Å². The van der Waals surface area contributed by atoms with E-state index in [-0.39, 0.29) is 0 Å². The Bertz CT molecular complexity index is 131. The third-order valence-electron chi connectivity index (χ3n) is 0.387. The minimum Gasteiger partial charge on any atom is -0.326 e. The molecule has 0 aromatic rings. The highest BCUT2D eigenvalue weighted by atomic mass is 127. The summed E-state index contributed by atoms with van der Waals surface area (Å²) in [6, 6.07) is 0. The number of alkyl halides is 1. The highest BCUT2D eigenvalue weighted by molar-refractivity contribution is 14.1. The van der Waals surface area contributed by atoms with Crippen LogP contribution < -0.4 is 0 Å². The maximum Gasteiger partial charge on any atom is 0.319 e. The molecule has 0 aromatic carbocycles. The van der Waals surface area contributed by atoms with Crippen molar-refractivity contribution < 1.29 is 28.0 Å². The normalized spacial score (nSPS) is 19.9. The SMILES string of the molecule is O=[PH](O)OC(I)O[PH](=O)O. The summed E-state index contributed by atoms with van der Waals surface area (Å²) < 4.78 is 26.8. The van der Waals surface area contributed by atoms with Gasteiger partial charge in [0.05, 0.1) is 0 Å². The molecule has 0 aliphatic rings. The van der Waals surface area contributed by atoms with Gasteiger partial charge in [-0.05, 0) is 22.6 Å². The Labute approximate surface area is 71.6 Å². The van der Waals surface area contributed by atoms with Crippen LogP contribution >= 0.6 is 39.1 Å². The zero-order chi connectivity index (χ0) is 8.15. The van der Waals surface area contributed by atoms with Crippen molar-refractivity contribution in [3.8, 4) is 0 Å². The standard InChI is InChI=1S/CH5IO6P2/c2-1(7-9(3)4)8-10(5)6/h1,9-10H,(H,3,4)(H,5,6). The van der Waals surface area contributed by atoms with Gasteiger partial charge in [0, 0.05) is 0 Å². The minimum absolute atomic E-state index is 1.15. The lowest BCUT2D eigenvalue weighted by Crippen LogP contribution is -1.98. The van der Waals surface area contributed by atoms with E-state index in [1.54, 1.807) is 0 Å². The summed E-state index contributed by atoms with van der Waals surface area (Å²) in [5.41, 5.74) is 0. The fourth-order valence-electron chi connectivity index (χ4n) is 0.183. The maximum absolute atomic E-state index is 9.90. The predicted octanol–water partition coefficient (Wildman–Crippen LogP) is 0.502. The van der Waals surface area contributed by atoms with E-state index in [4.69, 9.17) is 9.79 Å². The van der Waals surface area contributed by atoms with Crippen LogP contribution in [0.2, 0.25) is 0 Å². The van der Waals surface area contributed by atoms with Crippen LogP contribution in [-0.4, -0.2) is 14.1 Å². The summed E-state index contributed by atoms with van der Waals surface area (Å²) in [5.74, 6) is 0. The van der Waals surface area contributed by atoms with Crippen molar-refractivity contribution in [2.75, 3.05) is 0 Å². The van der Waals surface area contributed by atoms with Crippen LogP contribution in [0.15, 0.2) is 0 Å². The van der Waals surface area contributed by atoms with E-state index in [1.807, 2.05) is 0 Å². The first-order chi connectivity index (χ1) is 4.52. The molecule has 0 aliphatic carbocycles. The van der Waals surface area contributed by atoms with Crippen LogP contribution in [-0.2, 0) is 18.2 Å². The number of hydrogen-bond donors (Lipinski definition) is 2. The third-order valence-corrected chi connectivity index (χ3v) is 2.69. The summed E-state index contributed by atoms with van der Waals surface area (Å²) in [6.07, 6.45) is 0. The van der Waals surface area contributed by atoms with Crippen molar-refractivity contribution in [1.82, 2.24) is 0 Å². The topological polar surface area (TPSA) is 93.1 Å². The lowest BCUT2D eigenvalue weighted by molar-refractivity contribution is 0.0921. The first kappa shape index (κ1) is 11.0. The molecule has 10 heavy (non-hydrogen) atoms. The molecule has 2 unspecified atom stereocenters. The molecule has 0 aromatic heterocycles. The van der Waals surface area contributed by atoms with Crippen molar-refractivity contribution in [3.63, 3.8) is 0 Å². The van der Waals surface area contributed by atoms with Crippen LogP contribution in [0, 0.1) is 0 Å². The van der Waals surface area contributed by atoms with Crippen molar-refractivity contribution >= 4 is 39.1 Å². The second kappa shape index (κ2) is 5.65. The summed E-state index contributed by atoms with van der Waals surface area (Å²) in [6.45, 7) is 0. The Morgan fingerprint density at radius 2 is 1.50 bits per heavy atom. The molecule has 0 saturated heterocycles. The van der Waals surface area contributed by atoms with Gasteiger partial charge < -0.3 is 9.79 Å². The Kier molecular flexibility index (Phi) is 6.23. The molecule has 2 atom stereocenters. The molecule has 9 heteroatoms. The second-order valence-corrected chi connectivity index (χ2v) is 3.59. The molecule has 62 valence electrons. The molecule has 2 N–H and O–H groups in total. The molecule has 0 saturated carbocycles. The number of hydrogen-bond acceptors (Lipinski definition) is 4. The zero-order valence-corrected chi connectivity index (χ0v) is 8.64. The van der Waals surface area contributed by atoms with Gasteiger partial charge in [0.1, 0.15) is 0 Å². The molecule has 0 heterocycles. The largest absolute Gasteiger partial charge is 0.326 e. The highest BCUT2D eigenvalue weighted by Gasteiger charge is 2.08. The first-order valence-corrected chi connectivity index (χ1v) is 5.73. The Balaban J connectivity index is 3.53. The van der Waals surface area contributed by atoms with E-state index in [0.29, 0.717) is 0 Å². The molecule has 0 spiro atoms. The summed E-state index contributed by atoms with van der Waals surface area (Å²) in [4.78, 5) is 16.2. The van der Waals surface area contributed by atoms with Crippen molar-refractivity contribution in [3.05, 3.63) is 0 Å². The molecule has 0 amide bonds. The van der Waals surface area contributed by atoms with E-state index in [0.717, 1.165) is 0 Å². The van der Waals surface area contributed by atoms with Crippen LogP contribution in [0.1, 0.15) is 0 Å². The first-order valence-electron chi connectivity index (χ1n) is 1.95. The van der Waals surface area contributed by atoms with E-state index >= 15 is 0 Å². The predicted molar refractivity (Wildman–Crippen MR) is 42.4 cm³/mol. The highest BCUT2D eigenvalue weighted by Crippen LogP contribution is 2.29. The molecular formula is CH5IO6P2. The van der Waals surface area contributed by atoms with Crippen molar-refractivity contribution in [2.24, 2.45) is 0 Å². The van der Waals surface area contributed by atoms with Gasteiger partial charge in [-0.2, -0.15) is 0 Å². The van der Waals surface area contributed by atoms with Crippen LogP contribution in [0.3, 0.4) is 0 Å². The van der Waals surface area contributed by atoms with Gasteiger partial charge in [0.25, 0.3) is 0 Å². The summed E-state index contributed by atoms with van der Waals surface area (Å²) >= 11 is 1.46. The van der Waals surface area contributed by atoms with E-state index < -0.39 is 20.8 Å². The van der Waals surface area contributed by atoms with Gasteiger partial charge in [-0.15, -0.1) is 0 Å². The molecule has 0 radical (unpaired) electrons. The van der Waals surface area contributed by atoms with Crippen LogP contribution in [0.5, 0.6) is 0 Å². The lowest BCUT2D eigenvalue weighted by atomic mass is 11.5. The Morgan fingerprint density at radius 3 is 1.70 bits per heavy atom. The van der Waals surface area contributed by atoms with Gasteiger partial charge >= 0.3 is 16.5 Å². The molecule has 0 rings (SSSR count). The summed E-state index contributed by atoms with van der Waals surface area (Å²) in [7, 11) is -6.19. The fraction of sp³-hybridized carbons (Fsp3) is 1.00. The number of halogens is 1. The van der Waals surface area contributed by atoms with Crippen molar-refractivity contribution in [1.29, 1.82) is 0 Å². The Morgan fingerprint density at radius 1 is 1.20 bits per heavy atom. The van der Waals surface area contributed by atoms with Crippen LogP contribution in [0.4, 0.5) is 0 Å². The zero-order valence-electron chi connectivity index (χ0n) is 4.48. The monoisotopic (exact) mass is 302 g/mol. The molecule has 6 nitrogen and oxygen atoms in total. The molecule has 0 aliphatic heterocycles. The number of rotatable bonds is 4.